The summed E-state index contributed by atoms with van der Waals surface area (Å²) in [6, 6.07) is 10.3. The summed E-state index contributed by atoms with van der Waals surface area (Å²) in [5, 5.41) is 8.66. The van der Waals surface area contributed by atoms with Gasteiger partial charge in [0.15, 0.2) is 5.96 Å². The summed E-state index contributed by atoms with van der Waals surface area (Å²) >= 11 is 1.73. The van der Waals surface area contributed by atoms with Crippen LogP contribution in [0.1, 0.15) is 4.88 Å². The van der Waals surface area contributed by atoms with Crippen molar-refractivity contribution in [3.05, 3.63) is 40.6 Å². The quantitative estimate of drug-likeness (QED) is 0.465. The van der Waals surface area contributed by atoms with E-state index in [4.69, 9.17) is 9.47 Å². The van der Waals surface area contributed by atoms with E-state index in [1.807, 2.05) is 12.1 Å². The van der Waals surface area contributed by atoms with Gasteiger partial charge in [0.25, 0.3) is 0 Å². The van der Waals surface area contributed by atoms with Crippen LogP contribution in [0.25, 0.3) is 11.1 Å². The van der Waals surface area contributed by atoms with Gasteiger partial charge >= 0.3 is 0 Å². The topological polar surface area (TPSA) is 54.9 Å². The molecule has 2 rings (SSSR count). The molecule has 0 radical (unpaired) electrons. The molecule has 23 heavy (non-hydrogen) atoms. The Balaban J connectivity index is 1.91. The maximum atomic E-state index is 5.19. The van der Waals surface area contributed by atoms with Gasteiger partial charge in [-0.15, -0.1) is 11.3 Å². The predicted octanol–water partition coefficient (Wildman–Crippen LogP) is 2.74. The first-order valence-corrected chi connectivity index (χ1v) is 8.30. The minimum atomic E-state index is 0.654. The first-order valence-electron chi connectivity index (χ1n) is 7.42. The molecule has 6 heteroatoms. The molecule has 0 amide bonds. The molecule has 1 heterocycles. The van der Waals surface area contributed by atoms with Gasteiger partial charge in [0.1, 0.15) is 5.75 Å². The zero-order chi connectivity index (χ0) is 16.5. The van der Waals surface area contributed by atoms with Crippen molar-refractivity contribution in [1.29, 1.82) is 0 Å². The third kappa shape index (κ3) is 5.26. The van der Waals surface area contributed by atoms with Crippen LogP contribution in [0.5, 0.6) is 5.75 Å². The van der Waals surface area contributed by atoms with E-state index < -0.39 is 0 Å². The van der Waals surface area contributed by atoms with Gasteiger partial charge in [-0.3, -0.25) is 4.99 Å². The van der Waals surface area contributed by atoms with Crippen molar-refractivity contribution in [2.24, 2.45) is 4.99 Å². The molecular formula is C17H23N3O2S. The van der Waals surface area contributed by atoms with Crippen LogP contribution < -0.4 is 15.4 Å². The minimum Gasteiger partial charge on any atom is -0.497 e. The second-order valence-corrected chi connectivity index (χ2v) is 5.87. The van der Waals surface area contributed by atoms with Crippen molar-refractivity contribution in [2.75, 3.05) is 34.4 Å². The summed E-state index contributed by atoms with van der Waals surface area (Å²) in [6.07, 6.45) is 0. The van der Waals surface area contributed by atoms with Crippen molar-refractivity contribution in [3.63, 3.8) is 0 Å². The number of ether oxygens (including phenoxy) is 2. The van der Waals surface area contributed by atoms with Gasteiger partial charge in [-0.1, -0.05) is 12.1 Å². The number of nitrogens with zero attached hydrogens (tertiary/aromatic N) is 1. The predicted molar refractivity (Wildman–Crippen MR) is 96.4 cm³/mol. The van der Waals surface area contributed by atoms with Crippen LogP contribution in [0, 0.1) is 0 Å². The fourth-order valence-electron chi connectivity index (χ4n) is 2.07. The lowest BCUT2D eigenvalue weighted by atomic mass is 10.1. The number of hydrogen-bond acceptors (Lipinski definition) is 4. The summed E-state index contributed by atoms with van der Waals surface area (Å²) in [4.78, 5) is 5.44. The summed E-state index contributed by atoms with van der Waals surface area (Å²) in [5.74, 6) is 1.65. The lowest BCUT2D eigenvalue weighted by Gasteiger charge is -2.10. The highest BCUT2D eigenvalue weighted by atomic mass is 32.1. The number of thiophene rings is 1. The van der Waals surface area contributed by atoms with Gasteiger partial charge < -0.3 is 20.1 Å². The zero-order valence-corrected chi connectivity index (χ0v) is 14.6. The van der Waals surface area contributed by atoms with Crippen LogP contribution >= 0.6 is 11.3 Å². The van der Waals surface area contributed by atoms with Gasteiger partial charge in [-0.2, -0.15) is 0 Å². The SMILES string of the molecule is CN=C(NCCOC)NCc1cc(-c2ccc(OC)cc2)cs1. The molecule has 0 spiro atoms. The fraction of sp³-hybridized carbons (Fsp3) is 0.353. The molecular weight excluding hydrogens is 310 g/mol. The van der Waals surface area contributed by atoms with E-state index >= 15 is 0 Å². The molecule has 0 atom stereocenters. The normalized spacial score (nSPS) is 11.3. The highest BCUT2D eigenvalue weighted by molar-refractivity contribution is 7.10. The zero-order valence-electron chi connectivity index (χ0n) is 13.8. The first-order chi connectivity index (χ1) is 11.3. The van der Waals surface area contributed by atoms with Gasteiger partial charge in [0.2, 0.25) is 0 Å². The molecule has 0 saturated heterocycles. The van der Waals surface area contributed by atoms with Gasteiger partial charge in [-0.05, 0) is 34.7 Å². The van der Waals surface area contributed by atoms with Gasteiger partial charge in [0, 0.05) is 25.6 Å². The van der Waals surface area contributed by atoms with E-state index in [0.717, 1.165) is 24.8 Å². The number of hydrogen-bond donors (Lipinski definition) is 2. The highest BCUT2D eigenvalue weighted by Gasteiger charge is 2.04. The Morgan fingerprint density at radius 2 is 1.91 bits per heavy atom. The van der Waals surface area contributed by atoms with Crippen molar-refractivity contribution >= 4 is 17.3 Å². The molecule has 1 aromatic carbocycles. The van der Waals surface area contributed by atoms with Crippen LogP contribution in [0.15, 0.2) is 40.7 Å². The van der Waals surface area contributed by atoms with Crippen LogP contribution in [-0.4, -0.2) is 40.4 Å². The van der Waals surface area contributed by atoms with E-state index in [1.165, 1.54) is 16.0 Å². The molecule has 124 valence electrons. The third-order valence-corrected chi connectivity index (χ3v) is 4.27. The minimum absolute atomic E-state index is 0.654. The van der Waals surface area contributed by atoms with E-state index in [9.17, 15) is 0 Å². The number of aliphatic imine (C=N–C) groups is 1. The van der Waals surface area contributed by atoms with Gasteiger partial charge in [0.05, 0.1) is 20.3 Å². The largest absolute Gasteiger partial charge is 0.497 e. The van der Waals surface area contributed by atoms with E-state index in [-0.39, 0.29) is 0 Å². The molecule has 0 aliphatic rings. The van der Waals surface area contributed by atoms with Crippen molar-refractivity contribution in [2.45, 2.75) is 6.54 Å². The number of guanidine groups is 1. The van der Waals surface area contributed by atoms with Crippen LogP contribution in [0.2, 0.25) is 0 Å². The molecule has 0 saturated carbocycles. The Morgan fingerprint density at radius 3 is 2.57 bits per heavy atom. The Hall–Kier alpha value is -2.05. The lowest BCUT2D eigenvalue weighted by Crippen LogP contribution is -2.38. The standard InChI is InChI=1S/C17H23N3O2S/c1-18-17(19-8-9-21-2)20-11-16-10-14(12-23-16)13-4-6-15(22-3)7-5-13/h4-7,10,12H,8-9,11H2,1-3H3,(H2,18,19,20). The maximum absolute atomic E-state index is 5.19. The smallest absolute Gasteiger partial charge is 0.191 e. The highest BCUT2D eigenvalue weighted by Crippen LogP contribution is 2.27. The average molecular weight is 333 g/mol. The molecule has 0 aliphatic carbocycles. The summed E-state index contributed by atoms with van der Waals surface area (Å²) < 4.78 is 10.2. The summed E-state index contributed by atoms with van der Waals surface area (Å²) in [5.41, 5.74) is 2.41. The van der Waals surface area contributed by atoms with E-state index in [1.54, 1.807) is 32.6 Å². The third-order valence-electron chi connectivity index (χ3n) is 3.33. The molecule has 0 fully saturated rings. The van der Waals surface area contributed by atoms with E-state index in [0.29, 0.717) is 6.61 Å². The second-order valence-electron chi connectivity index (χ2n) is 4.88. The molecule has 1 aromatic heterocycles. The monoisotopic (exact) mass is 333 g/mol. The summed E-state index contributed by atoms with van der Waals surface area (Å²) in [7, 11) is 5.13. The van der Waals surface area contributed by atoms with Crippen LogP contribution in [-0.2, 0) is 11.3 Å². The van der Waals surface area contributed by atoms with Crippen molar-refractivity contribution in [3.8, 4) is 16.9 Å². The van der Waals surface area contributed by atoms with E-state index in [2.05, 4.69) is 39.2 Å². The fourth-order valence-corrected chi connectivity index (χ4v) is 2.90. The van der Waals surface area contributed by atoms with Crippen molar-refractivity contribution < 1.29 is 9.47 Å². The molecule has 5 nitrogen and oxygen atoms in total. The number of rotatable bonds is 7. The van der Waals surface area contributed by atoms with Gasteiger partial charge in [-0.25, -0.2) is 0 Å². The Morgan fingerprint density at radius 1 is 1.13 bits per heavy atom. The van der Waals surface area contributed by atoms with Crippen LogP contribution in [0.3, 0.4) is 0 Å². The lowest BCUT2D eigenvalue weighted by molar-refractivity contribution is 0.203. The Kier molecular flexibility index (Phi) is 6.90. The second kappa shape index (κ2) is 9.17. The Labute approximate surface area is 141 Å². The van der Waals surface area contributed by atoms with Crippen molar-refractivity contribution in [1.82, 2.24) is 10.6 Å². The van der Waals surface area contributed by atoms with Crippen LogP contribution in [0.4, 0.5) is 0 Å². The number of benzene rings is 1. The first kappa shape index (κ1) is 17.3. The maximum Gasteiger partial charge on any atom is 0.191 e. The molecule has 0 aliphatic heterocycles. The molecule has 2 N–H and O–H groups in total. The molecule has 0 unspecified atom stereocenters. The molecule has 2 aromatic rings. The number of methoxy groups -OCH3 is 2. The average Bonchev–Trinajstić information content (AvgIpc) is 3.07. The Bertz CT molecular complexity index is 623. The molecule has 0 bridgehead atoms. The summed E-state index contributed by atoms with van der Waals surface area (Å²) in [6.45, 7) is 2.13. The number of nitrogens with one attached hydrogen (secondary N) is 2.